The highest BCUT2D eigenvalue weighted by Gasteiger charge is 2.38. The highest BCUT2D eigenvalue weighted by Crippen LogP contribution is 2.24. The molecule has 0 aliphatic heterocycles. The van der Waals surface area contributed by atoms with Crippen LogP contribution in [0.2, 0.25) is 0 Å². The van der Waals surface area contributed by atoms with E-state index in [2.05, 4.69) is 0 Å². The van der Waals surface area contributed by atoms with Crippen molar-refractivity contribution in [2.24, 2.45) is 0 Å². The van der Waals surface area contributed by atoms with Crippen molar-refractivity contribution in [3.05, 3.63) is 54.1 Å². The summed E-state index contributed by atoms with van der Waals surface area (Å²) < 4.78 is 89.3. The zero-order valence-electron chi connectivity index (χ0n) is 12.1. The van der Waals surface area contributed by atoms with E-state index in [1.165, 1.54) is 5.32 Å². The Kier molecular flexibility index (Phi) is 4.97. The van der Waals surface area contributed by atoms with Gasteiger partial charge in [-0.25, -0.2) is 17.2 Å². The number of carbonyl (C=O) groups is 1. The molecular formula is C14H9F5N2O3S. The van der Waals surface area contributed by atoms with E-state index < -0.39 is 44.3 Å². The average molecular weight is 380 g/mol. The van der Waals surface area contributed by atoms with Gasteiger partial charge in [-0.15, -0.1) is 0 Å². The molecule has 0 heterocycles. The van der Waals surface area contributed by atoms with Gasteiger partial charge in [-0.05, 0) is 36.4 Å². The Labute approximate surface area is 138 Å². The van der Waals surface area contributed by atoms with Crippen LogP contribution >= 0.6 is 0 Å². The summed E-state index contributed by atoms with van der Waals surface area (Å²) in [6.07, 6.45) is -5.10. The molecule has 0 saturated carbocycles. The van der Waals surface area contributed by atoms with E-state index in [0.717, 1.165) is 42.5 Å². The van der Waals surface area contributed by atoms with Gasteiger partial charge in [-0.2, -0.15) is 13.2 Å². The molecule has 0 radical (unpaired) electrons. The first-order chi connectivity index (χ1) is 11.5. The average Bonchev–Trinajstić information content (AvgIpc) is 2.51. The molecular weight excluding hydrogens is 371 g/mol. The second-order valence-electron chi connectivity index (χ2n) is 4.68. The van der Waals surface area contributed by atoms with Crippen molar-refractivity contribution in [3.63, 3.8) is 0 Å². The quantitative estimate of drug-likeness (QED) is 0.800. The predicted octanol–water partition coefficient (Wildman–Crippen LogP) is 3.27. The third kappa shape index (κ3) is 4.44. The summed E-state index contributed by atoms with van der Waals surface area (Å²) >= 11 is 0. The smallest absolute Gasteiger partial charge is 0.318 e. The third-order valence-corrected chi connectivity index (χ3v) is 4.24. The van der Waals surface area contributed by atoms with E-state index in [1.807, 2.05) is 0 Å². The maximum absolute atomic E-state index is 13.5. The Balaban J connectivity index is 2.22. The van der Waals surface area contributed by atoms with E-state index >= 15 is 0 Å². The SMILES string of the molecule is O=C(Nc1ccc(S(=O)(=O)Nc2c(F)cccc2F)cc1)C(F)(F)F. The summed E-state index contributed by atoms with van der Waals surface area (Å²) in [4.78, 5) is 10.3. The fourth-order valence-corrected chi connectivity index (χ4v) is 2.78. The lowest BCUT2D eigenvalue weighted by Crippen LogP contribution is -2.29. The van der Waals surface area contributed by atoms with Crippen LogP contribution in [0.15, 0.2) is 47.4 Å². The molecule has 0 saturated heterocycles. The van der Waals surface area contributed by atoms with Gasteiger partial charge in [-0.1, -0.05) is 6.07 Å². The Hall–Kier alpha value is -2.69. The molecule has 0 aliphatic rings. The predicted molar refractivity (Wildman–Crippen MR) is 78.3 cm³/mol. The number of nitrogens with one attached hydrogen (secondary N) is 2. The number of halogens is 5. The standard InChI is InChI=1S/C14H9F5N2O3S/c15-10-2-1-3-11(16)12(10)21-25(23,24)9-6-4-8(5-7-9)20-13(22)14(17,18)19/h1-7,21H,(H,20,22). The Morgan fingerprint density at radius 1 is 0.920 bits per heavy atom. The van der Waals surface area contributed by atoms with Gasteiger partial charge in [0, 0.05) is 5.69 Å². The summed E-state index contributed by atoms with van der Waals surface area (Å²) in [6, 6.07) is 6.26. The number of benzene rings is 2. The first-order valence-corrected chi connectivity index (χ1v) is 7.94. The lowest BCUT2D eigenvalue weighted by Gasteiger charge is -2.11. The van der Waals surface area contributed by atoms with Gasteiger partial charge in [0.15, 0.2) is 0 Å². The zero-order chi connectivity index (χ0) is 18.8. The van der Waals surface area contributed by atoms with Gasteiger partial charge in [0.05, 0.1) is 4.90 Å². The number of hydrogen-bond acceptors (Lipinski definition) is 3. The second-order valence-corrected chi connectivity index (χ2v) is 6.36. The van der Waals surface area contributed by atoms with E-state index in [1.54, 1.807) is 4.72 Å². The molecule has 2 aromatic carbocycles. The van der Waals surface area contributed by atoms with Gasteiger partial charge >= 0.3 is 12.1 Å². The minimum atomic E-state index is -5.10. The fourth-order valence-electron chi connectivity index (χ4n) is 1.71. The van der Waals surface area contributed by atoms with Gasteiger partial charge in [-0.3, -0.25) is 9.52 Å². The maximum Gasteiger partial charge on any atom is 0.471 e. The van der Waals surface area contributed by atoms with Crippen LogP contribution in [0.5, 0.6) is 0 Å². The summed E-state index contributed by atoms with van der Waals surface area (Å²) in [5.41, 5.74) is -1.20. The Morgan fingerprint density at radius 3 is 1.92 bits per heavy atom. The van der Waals surface area contributed by atoms with Crippen LogP contribution in [-0.4, -0.2) is 20.5 Å². The van der Waals surface area contributed by atoms with E-state index in [0.29, 0.717) is 0 Å². The molecule has 134 valence electrons. The molecule has 0 aromatic heterocycles. The highest BCUT2D eigenvalue weighted by atomic mass is 32.2. The number of hydrogen-bond donors (Lipinski definition) is 2. The monoisotopic (exact) mass is 380 g/mol. The van der Waals surface area contributed by atoms with E-state index in [9.17, 15) is 35.2 Å². The first-order valence-electron chi connectivity index (χ1n) is 6.46. The van der Waals surface area contributed by atoms with E-state index in [-0.39, 0.29) is 5.69 Å². The molecule has 25 heavy (non-hydrogen) atoms. The van der Waals surface area contributed by atoms with Crippen LogP contribution in [0.1, 0.15) is 0 Å². The topological polar surface area (TPSA) is 75.3 Å². The number of para-hydroxylation sites is 1. The van der Waals surface area contributed by atoms with Crippen LogP contribution in [0.4, 0.5) is 33.3 Å². The first kappa shape index (κ1) is 18.6. The molecule has 11 heteroatoms. The van der Waals surface area contributed by atoms with Crippen molar-refractivity contribution in [3.8, 4) is 0 Å². The lowest BCUT2D eigenvalue weighted by atomic mass is 10.3. The lowest BCUT2D eigenvalue weighted by molar-refractivity contribution is -0.167. The molecule has 0 unspecified atom stereocenters. The fraction of sp³-hybridized carbons (Fsp3) is 0.0714. The van der Waals surface area contributed by atoms with Crippen molar-refractivity contribution in [2.45, 2.75) is 11.1 Å². The van der Waals surface area contributed by atoms with Gasteiger partial charge in [0.1, 0.15) is 17.3 Å². The van der Waals surface area contributed by atoms with Crippen LogP contribution in [0, 0.1) is 11.6 Å². The van der Waals surface area contributed by atoms with Gasteiger partial charge < -0.3 is 5.32 Å². The highest BCUT2D eigenvalue weighted by molar-refractivity contribution is 7.92. The van der Waals surface area contributed by atoms with Crippen LogP contribution in [-0.2, 0) is 14.8 Å². The molecule has 0 atom stereocenters. The largest absolute Gasteiger partial charge is 0.471 e. The molecule has 5 nitrogen and oxygen atoms in total. The van der Waals surface area contributed by atoms with Gasteiger partial charge in [0.25, 0.3) is 10.0 Å². The Morgan fingerprint density at radius 2 is 1.44 bits per heavy atom. The minimum absolute atomic E-state index is 0.307. The van der Waals surface area contributed by atoms with Crippen LogP contribution in [0.25, 0.3) is 0 Å². The maximum atomic E-state index is 13.5. The molecule has 0 aliphatic carbocycles. The summed E-state index contributed by atoms with van der Waals surface area (Å²) in [5, 5.41) is 1.53. The molecule has 0 fully saturated rings. The summed E-state index contributed by atoms with van der Waals surface area (Å²) in [5.74, 6) is -4.51. The van der Waals surface area contributed by atoms with Crippen molar-refractivity contribution in [1.29, 1.82) is 0 Å². The minimum Gasteiger partial charge on any atom is -0.318 e. The van der Waals surface area contributed by atoms with Crippen molar-refractivity contribution in [1.82, 2.24) is 0 Å². The molecule has 2 rings (SSSR count). The number of rotatable bonds is 4. The van der Waals surface area contributed by atoms with E-state index in [4.69, 9.17) is 0 Å². The number of sulfonamides is 1. The summed E-state index contributed by atoms with van der Waals surface area (Å²) in [7, 11) is -4.40. The molecule has 1 amide bonds. The number of alkyl halides is 3. The van der Waals surface area contributed by atoms with Crippen molar-refractivity contribution >= 4 is 27.3 Å². The number of anilines is 2. The van der Waals surface area contributed by atoms with Crippen LogP contribution < -0.4 is 10.0 Å². The van der Waals surface area contributed by atoms with Crippen LogP contribution in [0.3, 0.4) is 0 Å². The van der Waals surface area contributed by atoms with Gasteiger partial charge in [0.2, 0.25) is 0 Å². The summed E-state index contributed by atoms with van der Waals surface area (Å²) in [6.45, 7) is 0. The molecule has 0 spiro atoms. The van der Waals surface area contributed by atoms with Crippen molar-refractivity contribution < 1.29 is 35.2 Å². The normalized spacial score (nSPS) is 11.9. The second kappa shape index (κ2) is 6.67. The number of amides is 1. The Bertz CT molecular complexity index is 875. The zero-order valence-corrected chi connectivity index (χ0v) is 12.9. The molecule has 0 bridgehead atoms. The third-order valence-electron chi connectivity index (χ3n) is 2.88. The molecule has 2 aromatic rings. The molecule has 2 N–H and O–H groups in total. The van der Waals surface area contributed by atoms with Crippen molar-refractivity contribution in [2.75, 3.05) is 10.0 Å². The number of carbonyl (C=O) groups excluding carboxylic acids is 1.